The molecule has 0 saturated heterocycles. The van der Waals surface area contributed by atoms with Crippen molar-refractivity contribution in [3.8, 4) is 0 Å². The SMILES string of the molecule is CC(C)(CCn1cnc2cc(C(=O)O)ccc21)NCC(O)c1ccccc1NS(=O)(=O)c1ccccc1. The van der Waals surface area contributed by atoms with E-state index in [0.717, 1.165) is 5.52 Å². The number of rotatable bonds is 11. The summed E-state index contributed by atoms with van der Waals surface area (Å²) in [6.45, 7) is 4.88. The number of para-hydroxylation sites is 1. The highest BCUT2D eigenvalue weighted by Crippen LogP contribution is 2.26. The number of fused-ring (bicyclic) bond motifs is 1. The van der Waals surface area contributed by atoms with Gasteiger partial charge in [0.2, 0.25) is 0 Å². The number of hydrogen-bond donors (Lipinski definition) is 4. The molecule has 0 bridgehead atoms. The number of carboxylic acid groups (broad SMARTS) is 1. The molecule has 1 unspecified atom stereocenters. The average Bonchev–Trinajstić information content (AvgIpc) is 3.29. The number of aromatic nitrogens is 2. The molecule has 0 fully saturated rings. The molecular formula is C27H30N4O5S. The second-order valence-corrected chi connectivity index (χ2v) is 11.2. The first-order valence-electron chi connectivity index (χ1n) is 11.8. The smallest absolute Gasteiger partial charge is 0.335 e. The van der Waals surface area contributed by atoms with Crippen molar-refractivity contribution in [2.45, 2.75) is 43.4 Å². The number of aliphatic hydroxyl groups excluding tert-OH is 1. The Morgan fingerprint density at radius 1 is 1.05 bits per heavy atom. The Morgan fingerprint density at radius 2 is 1.76 bits per heavy atom. The number of imidazole rings is 1. The molecule has 0 radical (unpaired) electrons. The fourth-order valence-electron chi connectivity index (χ4n) is 4.03. The maximum atomic E-state index is 12.8. The molecule has 4 rings (SSSR count). The van der Waals surface area contributed by atoms with Gasteiger partial charge in [-0.25, -0.2) is 18.2 Å². The van der Waals surface area contributed by atoms with Crippen LogP contribution in [0.3, 0.4) is 0 Å². The molecule has 0 saturated carbocycles. The minimum absolute atomic E-state index is 0.143. The normalized spacial score (nSPS) is 12.9. The topological polar surface area (TPSA) is 134 Å². The van der Waals surface area contributed by atoms with Gasteiger partial charge in [0.1, 0.15) is 0 Å². The number of anilines is 1. The van der Waals surface area contributed by atoms with E-state index in [1.807, 2.05) is 18.4 Å². The zero-order chi connectivity index (χ0) is 26.6. The molecule has 194 valence electrons. The molecule has 0 aliphatic rings. The number of hydrogen-bond acceptors (Lipinski definition) is 6. The Kier molecular flexibility index (Phi) is 7.63. The van der Waals surface area contributed by atoms with Crippen LogP contribution in [0, 0.1) is 0 Å². The zero-order valence-corrected chi connectivity index (χ0v) is 21.4. The van der Waals surface area contributed by atoms with Crippen molar-refractivity contribution in [3.63, 3.8) is 0 Å². The number of aliphatic hydroxyl groups is 1. The van der Waals surface area contributed by atoms with Crippen LogP contribution in [0.1, 0.15) is 42.3 Å². The van der Waals surface area contributed by atoms with Crippen molar-refractivity contribution < 1.29 is 23.4 Å². The Bertz CT molecular complexity index is 1500. The molecule has 4 aromatic rings. The quantitative estimate of drug-likeness (QED) is 0.234. The van der Waals surface area contributed by atoms with E-state index in [-0.39, 0.29) is 22.5 Å². The number of aromatic carboxylic acids is 1. The summed E-state index contributed by atoms with van der Waals surface area (Å²) in [6.07, 6.45) is 1.45. The van der Waals surface area contributed by atoms with Crippen molar-refractivity contribution in [2.75, 3.05) is 11.3 Å². The summed E-state index contributed by atoms with van der Waals surface area (Å²) in [6, 6.07) is 19.7. The molecule has 0 spiro atoms. The predicted octanol–water partition coefficient (Wildman–Crippen LogP) is 4.03. The number of carbonyl (C=O) groups is 1. The fraction of sp³-hybridized carbons (Fsp3) is 0.259. The second-order valence-electron chi connectivity index (χ2n) is 9.48. The molecule has 37 heavy (non-hydrogen) atoms. The number of aryl methyl sites for hydroxylation is 1. The van der Waals surface area contributed by atoms with E-state index >= 15 is 0 Å². The van der Waals surface area contributed by atoms with Crippen LogP contribution in [0.4, 0.5) is 5.69 Å². The standard InChI is InChI=1S/C27H30N4O5S/c1-27(2,14-15-31-18-28-23-16-19(26(33)34)12-13-24(23)31)29-17-25(32)21-10-6-7-11-22(21)30-37(35,36)20-8-4-3-5-9-20/h3-13,16,18,25,29-30,32H,14-15,17H2,1-2H3,(H,33,34). The van der Waals surface area contributed by atoms with Crippen LogP contribution in [0.2, 0.25) is 0 Å². The average molecular weight is 523 g/mol. The van der Waals surface area contributed by atoms with Crippen LogP contribution in [0.5, 0.6) is 0 Å². The van der Waals surface area contributed by atoms with Crippen LogP contribution in [0.25, 0.3) is 11.0 Å². The van der Waals surface area contributed by atoms with E-state index in [1.165, 1.54) is 12.1 Å². The highest BCUT2D eigenvalue weighted by molar-refractivity contribution is 7.92. The fourth-order valence-corrected chi connectivity index (χ4v) is 5.14. The monoisotopic (exact) mass is 522 g/mol. The number of nitrogens with zero attached hydrogens (tertiary/aromatic N) is 2. The lowest BCUT2D eigenvalue weighted by molar-refractivity contribution is 0.0697. The first-order valence-corrected chi connectivity index (χ1v) is 13.3. The van der Waals surface area contributed by atoms with Crippen LogP contribution >= 0.6 is 0 Å². The maximum Gasteiger partial charge on any atom is 0.335 e. The highest BCUT2D eigenvalue weighted by atomic mass is 32.2. The van der Waals surface area contributed by atoms with Gasteiger partial charge in [-0.1, -0.05) is 36.4 Å². The Balaban J connectivity index is 1.40. The van der Waals surface area contributed by atoms with Crippen LogP contribution in [0.15, 0.2) is 84.0 Å². The number of β-amino-alcohol motifs (C(OH)–C–C–N with tert-alkyl or cyclic N) is 1. The second kappa shape index (κ2) is 10.7. The molecule has 9 nitrogen and oxygen atoms in total. The Labute approximate surface area is 215 Å². The van der Waals surface area contributed by atoms with E-state index in [9.17, 15) is 23.4 Å². The van der Waals surface area contributed by atoms with Crippen molar-refractivity contribution in [3.05, 3.63) is 90.3 Å². The van der Waals surface area contributed by atoms with Gasteiger partial charge in [-0.15, -0.1) is 0 Å². The predicted molar refractivity (Wildman–Crippen MR) is 142 cm³/mol. The van der Waals surface area contributed by atoms with Crippen LogP contribution < -0.4 is 10.0 Å². The zero-order valence-electron chi connectivity index (χ0n) is 20.6. The summed E-state index contributed by atoms with van der Waals surface area (Å²) >= 11 is 0. The van der Waals surface area contributed by atoms with Crippen LogP contribution in [-0.2, 0) is 16.6 Å². The number of sulfonamides is 1. The van der Waals surface area contributed by atoms with E-state index in [4.69, 9.17) is 0 Å². The van der Waals surface area contributed by atoms with E-state index in [1.54, 1.807) is 67.0 Å². The van der Waals surface area contributed by atoms with Crippen molar-refractivity contribution >= 4 is 32.7 Å². The summed E-state index contributed by atoms with van der Waals surface area (Å²) in [5.74, 6) is -0.991. The lowest BCUT2D eigenvalue weighted by Gasteiger charge is -2.28. The largest absolute Gasteiger partial charge is 0.478 e. The molecule has 1 heterocycles. The van der Waals surface area contributed by atoms with E-state index in [0.29, 0.717) is 29.7 Å². The third-order valence-corrected chi connectivity index (χ3v) is 7.62. The first kappa shape index (κ1) is 26.3. The van der Waals surface area contributed by atoms with Gasteiger partial charge in [-0.2, -0.15) is 0 Å². The first-order chi connectivity index (χ1) is 17.6. The summed E-state index contributed by atoms with van der Waals surface area (Å²) in [5.41, 5.74) is 2.09. The van der Waals surface area contributed by atoms with Gasteiger partial charge in [0.15, 0.2) is 0 Å². The van der Waals surface area contributed by atoms with Crippen molar-refractivity contribution in [1.29, 1.82) is 0 Å². The minimum Gasteiger partial charge on any atom is -0.478 e. The maximum absolute atomic E-state index is 12.8. The van der Waals surface area contributed by atoms with E-state index < -0.39 is 22.1 Å². The summed E-state index contributed by atoms with van der Waals surface area (Å²) < 4.78 is 30.1. The molecule has 1 atom stereocenters. The molecule has 3 aromatic carbocycles. The van der Waals surface area contributed by atoms with Gasteiger partial charge < -0.3 is 20.1 Å². The van der Waals surface area contributed by atoms with Crippen molar-refractivity contribution in [2.24, 2.45) is 0 Å². The van der Waals surface area contributed by atoms with Gasteiger partial charge in [-0.3, -0.25) is 4.72 Å². The Hall–Kier alpha value is -3.73. The van der Waals surface area contributed by atoms with Gasteiger partial charge in [0.05, 0.1) is 39.6 Å². The molecular weight excluding hydrogens is 492 g/mol. The summed E-state index contributed by atoms with van der Waals surface area (Å²) in [5, 5.41) is 23.5. The number of nitrogens with one attached hydrogen (secondary N) is 2. The highest BCUT2D eigenvalue weighted by Gasteiger charge is 2.22. The van der Waals surface area contributed by atoms with Crippen LogP contribution in [-0.4, -0.2) is 46.2 Å². The van der Waals surface area contributed by atoms with Gasteiger partial charge >= 0.3 is 5.97 Å². The summed E-state index contributed by atoms with van der Waals surface area (Å²) in [4.78, 5) is 15.7. The molecule has 0 amide bonds. The third kappa shape index (κ3) is 6.34. The molecule has 4 N–H and O–H groups in total. The van der Waals surface area contributed by atoms with Crippen molar-refractivity contribution in [1.82, 2.24) is 14.9 Å². The summed E-state index contributed by atoms with van der Waals surface area (Å²) in [7, 11) is -3.79. The molecule has 1 aromatic heterocycles. The van der Waals surface area contributed by atoms with Gasteiger partial charge in [0.25, 0.3) is 10.0 Å². The number of benzene rings is 3. The lowest BCUT2D eigenvalue weighted by atomic mass is 9.99. The molecule has 0 aliphatic heterocycles. The van der Waals surface area contributed by atoms with Gasteiger partial charge in [0, 0.05) is 24.2 Å². The lowest BCUT2D eigenvalue weighted by Crippen LogP contribution is -2.42. The molecule has 0 aliphatic carbocycles. The minimum atomic E-state index is -3.79. The Morgan fingerprint density at radius 3 is 2.49 bits per heavy atom. The number of carboxylic acids is 1. The third-order valence-electron chi connectivity index (χ3n) is 6.24. The van der Waals surface area contributed by atoms with E-state index in [2.05, 4.69) is 15.0 Å². The molecule has 10 heteroatoms. The van der Waals surface area contributed by atoms with Gasteiger partial charge in [-0.05, 0) is 56.7 Å².